The van der Waals surface area contributed by atoms with Gasteiger partial charge in [0.2, 0.25) is 5.89 Å². The lowest BCUT2D eigenvalue weighted by molar-refractivity contribution is 0.0691. The van der Waals surface area contributed by atoms with Crippen LogP contribution in [0.2, 0.25) is 0 Å². The Labute approximate surface area is 136 Å². The lowest BCUT2D eigenvalue weighted by Gasteiger charge is -2.32. The van der Waals surface area contributed by atoms with Crippen LogP contribution in [0.3, 0.4) is 0 Å². The van der Waals surface area contributed by atoms with Crippen LogP contribution in [-0.2, 0) is 6.54 Å². The summed E-state index contributed by atoms with van der Waals surface area (Å²) >= 11 is 0. The molecule has 23 heavy (non-hydrogen) atoms. The molecule has 2 heterocycles. The van der Waals surface area contributed by atoms with Crippen molar-refractivity contribution in [2.75, 3.05) is 20.2 Å². The van der Waals surface area contributed by atoms with Crippen LogP contribution in [0.5, 0.6) is 5.75 Å². The first-order valence-electron chi connectivity index (χ1n) is 8.15. The molecule has 0 bridgehead atoms. The number of aliphatic hydroxyl groups is 1. The van der Waals surface area contributed by atoms with Gasteiger partial charge in [-0.15, -0.1) is 0 Å². The van der Waals surface area contributed by atoms with Crippen molar-refractivity contribution in [2.24, 2.45) is 5.92 Å². The van der Waals surface area contributed by atoms with E-state index >= 15 is 0 Å². The zero-order valence-electron chi connectivity index (χ0n) is 13.7. The highest BCUT2D eigenvalue weighted by Crippen LogP contribution is 2.24. The van der Waals surface area contributed by atoms with Gasteiger partial charge in [-0.2, -0.15) is 0 Å². The summed E-state index contributed by atoms with van der Waals surface area (Å²) < 4.78 is 10.8. The average molecular weight is 316 g/mol. The quantitative estimate of drug-likeness (QED) is 0.919. The van der Waals surface area contributed by atoms with Crippen LogP contribution in [0.4, 0.5) is 0 Å². The molecule has 5 nitrogen and oxygen atoms in total. The Bertz CT molecular complexity index is 613. The highest BCUT2D eigenvalue weighted by atomic mass is 16.5. The van der Waals surface area contributed by atoms with Crippen LogP contribution < -0.4 is 4.74 Å². The molecular formula is C18H24N2O3. The summed E-state index contributed by atoms with van der Waals surface area (Å²) in [6.07, 6.45) is 3.62. The van der Waals surface area contributed by atoms with Gasteiger partial charge in [-0.25, -0.2) is 4.98 Å². The van der Waals surface area contributed by atoms with Crippen molar-refractivity contribution in [3.05, 3.63) is 36.2 Å². The molecule has 0 saturated carbocycles. The molecule has 1 N–H and O–H groups in total. The predicted octanol–water partition coefficient (Wildman–Crippen LogP) is 2.94. The first-order valence-corrected chi connectivity index (χ1v) is 8.15. The van der Waals surface area contributed by atoms with Crippen LogP contribution in [-0.4, -0.2) is 41.3 Å². The van der Waals surface area contributed by atoms with Gasteiger partial charge in [0.05, 0.1) is 18.9 Å². The van der Waals surface area contributed by atoms with E-state index in [0.29, 0.717) is 11.8 Å². The van der Waals surface area contributed by atoms with Crippen molar-refractivity contribution >= 4 is 0 Å². The van der Waals surface area contributed by atoms with E-state index < -0.39 is 0 Å². The van der Waals surface area contributed by atoms with Gasteiger partial charge in [0.1, 0.15) is 12.0 Å². The SMILES string of the molecule is COc1ccc(-c2nc(CN3CCC(C(C)O)CC3)co2)cc1. The Kier molecular flexibility index (Phi) is 4.98. The van der Waals surface area contributed by atoms with E-state index in [-0.39, 0.29) is 6.10 Å². The number of hydrogen-bond donors (Lipinski definition) is 1. The molecule has 0 aliphatic carbocycles. The van der Waals surface area contributed by atoms with Crippen molar-refractivity contribution in [3.63, 3.8) is 0 Å². The number of methoxy groups -OCH3 is 1. The standard InChI is InChI=1S/C18H24N2O3/c1-13(21)14-7-9-20(10-8-14)11-16-12-23-18(19-16)15-3-5-17(22-2)6-4-15/h3-6,12-14,21H,7-11H2,1-2H3. The molecule has 0 spiro atoms. The molecule has 0 radical (unpaired) electrons. The number of oxazole rings is 1. The van der Waals surface area contributed by atoms with Crippen molar-refractivity contribution in [1.82, 2.24) is 9.88 Å². The third-order valence-electron chi connectivity index (χ3n) is 4.59. The summed E-state index contributed by atoms with van der Waals surface area (Å²) in [4.78, 5) is 6.96. The molecule has 5 heteroatoms. The maximum absolute atomic E-state index is 9.67. The highest BCUT2D eigenvalue weighted by Gasteiger charge is 2.23. The van der Waals surface area contributed by atoms with Crippen LogP contribution in [0.15, 0.2) is 34.9 Å². The molecule has 1 aliphatic heterocycles. The Hall–Kier alpha value is -1.85. The minimum Gasteiger partial charge on any atom is -0.497 e. The van der Waals surface area contributed by atoms with Gasteiger partial charge >= 0.3 is 0 Å². The lowest BCUT2D eigenvalue weighted by Crippen LogP contribution is -2.36. The van der Waals surface area contributed by atoms with Gasteiger partial charge in [-0.05, 0) is 63.0 Å². The van der Waals surface area contributed by atoms with Crippen molar-refractivity contribution in [1.29, 1.82) is 0 Å². The van der Waals surface area contributed by atoms with E-state index in [0.717, 1.165) is 49.5 Å². The van der Waals surface area contributed by atoms with Gasteiger partial charge in [-0.1, -0.05) is 0 Å². The maximum atomic E-state index is 9.67. The Morgan fingerprint density at radius 2 is 2.00 bits per heavy atom. The Morgan fingerprint density at radius 3 is 2.61 bits per heavy atom. The zero-order valence-corrected chi connectivity index (χ0v) is 13.7. The van der Waals surface area contributed by atoms with Crippen LogP contribution in [0, 0.1) is 5.92 Å². The highest BCUT2D eigenvalue weighted by molar-refractivity contribution is 5.54. The largest absolute Gasteiger partial charge is 0.497 e. The molecule has 1 saturated heterocycles. The van der Waals surface area contributed by atoms with E-state index in [9.17, 15) is 5.11 Å². The molecule has 1 aromatic carbocycles. The van der Waals surface area contributed by atoms with E-state index in [1.165, 1.54) is 0 Å². The molecular weight excluding hydrogens is 292 g/mol. The minimum atomic E-state index is -0.203. The summed E-state index contributed by atoms with van der Waals surface area (Å²) in [6, 6.07) is 7.70. The van der Waals surface area contributed by atoms with E-state index in [2.05, 4.69) is 9.88 Å². The van der Waals surface area contributed by atoms with Gasteiger partial charge in [0, 0.05) is 12.1 Å². The summed E-state index contributed by atoms with van der Waals surface area (Å²) in [5, 5.41) is 9.67. The van der Waals surface area contributed by atoms with Crippen molar-refractivity contribution < 1.29 is 14.3 Å². The average Bonchev–Trinajstić information content (AvgIpc) is 3.04. The molecule has 1 unspecified atom stereocenters. The summed E-state index contributed by atoms with van der Waals surface area (Å²) in [5.74, 6) is 1.89. The number of hydrogen-bond acceptors (Lipinski definition) is 5. The summed E-state index contributed by atoms with van der Waals surface area (Å²) in [7, 11) is 1.65. The third kappa shape index (κ3) is 3.92. The topological polar surface area (TPSA) is 58.7 Å². The van der Waals surface area contributed by atoms with E-state index in [1.807, 2.05) is 31.2 Å². The van der Waals surface area contributed by atoms with Crippen LogP contribution >= 0.6 is 0 Å². The second kappa shape index (κ2) is 7.15. The van der Waals surface area contributed by atoms with Crippen molar-refractivity contribution in [3.8, 4) is 17.2 Å². The van der Waals surface area contributed by atoms with Crippen LogP contribution in [0.25, 0.3) is 11.5 Å². The fourth-order valence-electron chi connectivity index (χ4n) is 3.07. The van der Waals surface area contributed by atoms with Crippen molar-refractivity contribution in [2.45, 2.75) is 32.4 Å². The number of rotatable bonds is 5. The summed E-state index contributed by atoms with van der Waals surface area (Å²) in [6.45, 7) is 4.69. The predicted molar refractivity (Wildman–Crippen MR) is 88.2 cm³/mol. The molecule has 1 fully saturated rings. The van der Waals surface area contributed by atoms with Gasteiger partial charge in [0.25, 0.3) is 0 Å². The number of ether oxygens (including phenoxy) is 1. The zero-order chi connectivity index (χ0) is 16.2. The van der Waals surface area contributed by atoms with Gasteiger partial charge in [-0.3, -0.25) is 4.90 Å². The number of piperidine rings is 1. The fourth-order valence-corrected chi connectivity index (χ4v) is 3.07. The summed E-state index contributed by atoms with van der Waals surface area (Å²) in [5.41, 5.74) is 1.90. The number of likely N-dealkylation sites (tertiary alicyclic amines) is 1. The Balaban J connectivity index is 1.59. The smallest absolute Gasteiger partial charge is 0.226 e. The molecule has 0 amide bonds. The molecule has 2 aromatic rings. The number of nitrogens with zero attached hydrogens (tertiary/aromatic N) is 2. The van der Waals surface area contributed by atoms with Gasteiger partial charge in [0.15, 0.2) is 0 Å². The number of aliphatic hydroxyl groups excluding tert-OH is 1. The third-order valence-corrected chi connectivity index (χ3v) is 4.59. The van der Waals surface area contributed by atoms with E-state index in [4.69, 9.17) is 9.15 Å². The van der Waals surface area contributed by atoms with Gasteiger partial charge < -0.3 is 14.3 Å². The monoisotopic (exact) mass is 316 g/mol. The minimum absolute atomic E-state index is 0.203. The lowest BCUT2D eigenvalue weighted by atomic mass is 9.92. The van der Waals surface area contributed by atoms with E-state index in [1.54, 1.807) is 13.4 Å². The molecule has 3 rings (SSSR count). The van der Waals surface area contributed by atoms with Crippen LogP contribution in [0.1, 0.15) is 25.5 Å². The Morgan fingerprint density at radius 1 is 1.30 bits per heavy atom. The number of aromatic nitrogens is 1. The first kappa shape index (κ1) is 16.0. The molecule has 1 aromatic heterocycles. The maximum Gasteiger partial charge on any atom is 0.226 e. The normalized spacial score (nSPS) is 18.0. The molecule has 1 aliphatic rings. The second-order valence-electron chi connectivity index (χ2n) is 6.23. The fraction of sp³-hybridized carbons (Fsp3) is 0.500. The number of benzene rings is 1. The first-order chi connectivity index (χ1) is 11.2. The molecule has 124 valence electrons. The second-order valence-corrected chi connectivity index (χ2v) is 6.23. The molecule has 1 atom stereocenters.